The molecule has 0 aliphatic rings. The van der Waals surface area contributed by atoms with Gasteiger partial charge in [-0.2, -0.15) is 0 Å². The van der Waals surface area contributed by atoms with E-state index in [1.807, 2.05) is 91.0 Å². The summed E-state index contributed by atoms with van der Waals surface area (Å²) < 4.78 is 17.3. The summed E-state index contributed by atoms with van der Waals surface area (Å²) in [6, 6.07) is 35.8. The zero-order chi connectivity index (χ0) is 33.0. The van der Waals surface area contributed by atoms with Crippen molar-refractivity contribution in [2.24, 2.45) is 0 Å². The second-order valence-corrected chi connectivity index (χ2v) is 11.0. The zero-order valence-corrected chi connectivity index (χ0v) is 26.1. The van der Waals surface area contributed by atoms with Gasteiger partial charge in [-0.1, -0.05) is 91.0 Å². The van der Waals surface area contributed by atoms with Gasteiger partial charge in [0.25, 0.3) is 0 Å². The van der Waals surface area contributed by atoms with Crippen LogP contribution in [0.3, 0.4) is 0 Å². The number of nitrogens with one attached hydrogen (secondary N) is 1. The molecule has 5 aromatic rings. The lowest BCUT2D eigenvalue weighted by molar-refractivity contribution is -0.121. The second-order valence-electron chi connectivity index (χ2n) is 11.0. The van der Waals surface area contributed by atoms with Crippen LogP contribution in [-0.2, 0) is 30.8 Å². The number of ether oxygens (including phenoxy) is 3. The van der Waals surface area contributed by atoms with Crippen molar-refractivity contribution in [2.45, 2.75) is 38.5 Å². The molecular formula is C39H37NO7. The molecule has 47 heavy (non-hydrogen) atoms. The maximum absolute atomic E-state index is 13.8. The third-order valence-electron chi connectivity index (χ3n) is 7.61. The Morgan fingerprint density at radius 2 is 1.23 bits per heavy atom. The van der Waals surface area contributed by atoms with Crippen molar-refractivity contribution < 1.29 is 34.0 Å². The van der Waals surface area contributed by atoms with Crippen molar-refractivity contribution in [2.75, 3.05) is 7.11 Å². The fourth-order valence-corrected chi connectivity index (χ4v) is 5.10. The first-order valence-corrected chi connectivity index (χ1v) is 15.3. The Kier molecular flexibility index (Phi) is 11.1. The van der Waals surface area contributed by atoms with E-state index in [0.717, 1.165) is 16.7 Å². The minimum atomic E-state index is -0.844. The number of hydrogen-bond donors (Lipinski definition) is 3. The number of aromatic hydroxyl groups is 2. The number of benzene rings is 5. The van der Waals surface area contributed by atoms with E-state index in [1.165, 1.54) is 13.2 Å². The lowest BCUT2D eigenvalue weighted by atomic mass is 9.96. The average molecular weight is 632 g/mol. The van der Waals surface area contributed by atoms with Gasteiger partial charge in [-0.05, 0) is 59.0 Å². The summed E-state index contributed by atoms with van der Waals surface area (Å²) >= 11 is 0. The average Bonchev–Trinajstić information content (AvgIpc) is 3.11. The number of phenols is 2. The molecule has 0 aliphatic heterocycles. The van der Waals surface area contributed by atoms with Gasteiger partial charge in [0.2, 0.25) is 11.7 Å². The highest BCUT2D eigenvalue weighted by molar-refractivity contribution is 6.02. The molecular weight excluding hydrogens is 594 g/mol. The van der Waals surface area contributed by atoms with Gasteiger partial charge in [0.05, 0.1) is 13.2 Å². The van der Waals surface area contributed by atoms with Crippen molar-refractivity contribution >= 4 is 11.7 Å². The smallest absolute Gasteiger partial charge is 0.220 e. The summed E-state index contributed by atoms with van der Waals surface area (Å²) in [6.07, 6.45) is 0.572. The normalized spacial score (nSPS) is 11.3. The highest BCUT2D eigenvalue weighted by Crippen LogP contribution is 2.37. The molecule has 5 rings (SSSR count). The van der Waals surface area contributed by atoms with Crippen molar-refractivity contribution in [1.82, 2.24) is 5.32 Å². The van der Waals surface area contributed by atoms with Crippen LogP contribution in [0.15, 0.2) is 121 Å². The number of Topliss-reactive ketones (excluding diaryl/α,β-unsaturated/α-hetero) is 1. The van der Waals surface area contributed by atoms with E-state index < -0.39 is 6.04 Å². The fraction of sp³-hybridized carbons (Fsp3) is 0.179. The summed E-state index contributed by atoms with van der Waals surface area (Å²) in [7, 11) is 1.52. The van der Waals surface area contributed by atoms with Gasteiger partial charge < -0.3 is 29.7 Å². The van der Waals surface area contributed by atoms with Crippen LogP contribution in [0.25, 0.3) is 0 Å². The molecule has 5 aromatic carbocycles. The number of hydrogen-bond acceptors (Lipinski definition) is 7. The standard InChI is InChI=1S/C39H37NO7/c1-45-35-24-31(18-19-34(35)46-25-28-13-7-3-8-14-28)38(43)32(21-27-11-5-2-6-12-27)40-37(42)20-17-30-22-33(41)39(44)36(23-30)47-26-29-15-9-4-10-16-29/h2-16,18-19,22-24,32,41,44H,17,20-21,25-26H2,1H3,(H,40,42)/t32-/m0/s1. The number of carbonyl (C=O) groups is 2. The molecule has 0 fully saturated rings. The molecule has 3 N–H and O–H groups in total. The number of aryl methyl sites for hydroxylation is 1. The quantitative estimate of drug-likeness (QED) is 0.0860. The molecule has 0 saturated carbocycles. The summed E-state index contributed by atoms with van der Waals surface area (Å²) in [6.45, 7) is 0.544. The van der Waals surface area contributed by atoms with Crippen LogP contribution in [0.4, 0.5) is 0 Å². The van der Waals surface area contributed by atoms with Crippen LogP contribution in [-0.4, -0.2) is 35.1 Å². The highest BCUT2D eigenvalue weighted by Gasteiger charge is 2.24. The Balaban J connectivity index is 1.27. The van der Waals surface area contributed by atoms with E-state index in [2.05, 4.69) is 5.32 Å². The Hall–Kier alpha value is -5.76. The van der Waals surface area contributed by atoms with Crippen molar-refractivity contribution in [1.29, 1.82) is 0 Å². The van der Waals surface area contributed by atoms with Gasteiger partial charge in [-0.3, -0.25) is 9.59 Å². The van der Waals surface area contributed by atoms with E-state index >= 15 is 0 Å². The molecule has 0 aliphatic carbocycles. The van der Waals surface area contributed by atoms with E-state index in [-0.39, 0.29) is 54.8 Å². The molecule has 0 heterocycles. The first-order chi connectivity index (χ1) is 22.9. The van der Waals surface area contributed by atoms with Crippen LogP contribution in [0.1, 0.15) is 39.0 Å². The second kappa shape index (κ2) is 16.0. The third kappa shape index (κ3) is 9.14. The Morgan fingerprint density at radius 1 is 0.660 bits per heavy atom. The highest BCUT2D eigenvalue weighted by atomic mass is 16.5. The van der Waals surface area contributed by atoms with E-state index in [9.17, 15) is 19.8 Å². The Bertz CT molecular complexity index is 1780. The zero-order valence-electron chi connectivity index (χ0n) is 26.1. The fourth-order valence-electron chi connectivity index (χ4n) is 5.10. The van der Waals surface area contributed by atoms with Gasteiger partial charge in [0, 0.05) is 18.4 Å². The molecule has 1 amide bonds. The van der Waals surface area contributed by atoms with Gasteiger partial charge in [-0.15, -0.1) is 0 Å². The summed E-state index contributed by atoms with van der Waals surface area (Å²) in [5.74, 6) is -0.286. The number of amides is 1. The molecule has 240 valence electrons. The number of carbonyl (C=O) groups excluding carboxylic acids is 2. The van der Waals surface area contributed by atoms with E-state index in [4.69, 9.17) is 14.2 Å². The first-order valence-electron chi connectivity index (χ1n) is 15.3. The molecule has 0 radical (unpaired) electrons. The Labute approximate surface area is 274 Å². The number of phenolic OH excluding ortho intramolecular Hbond substituents is 2. The molecule has 0 aromatic heterocycles. The number of rotatable bonds is 15. The number of ketones is 1. The monoisotopic (exact) mass is 631 g/mol. The predicted molar refractivity (Wildman–Crippen MR) is 179 cm³/mol. The maximum Gasteiger partial charge on any atom is 0.220 e. The molecule has 8 nitrogen and oxygen atoms in total. The molecule has 8 heteroatoms. The summed E-state index contributed by atoms with van der Waals surface area (Å²) in [4.78, 5) is 27.1. The molecule has 1 atom stereocenters. The van der Waals surface area contributed by atoms with E-state index in [0.29, 0.717) is 29.2 Å². The van der Waals surface area contributed by atoms with Crippen LogP contribution >= 0.6 is 0 Å². The summed E-state index contributed by atoms with van der Waals surface area (Å²) in [5, 5.41) is 23.6. The van der Waals surface area contributed by atoms with Crippen molar-refractivity contribution in [3.05, 3.63) is 149 Å². The number of methoxy groups -OCH3 is 1. The topological polar surface area (TPSA) is 114 Å². The lowest BCUT2D eigenvalue weighted by Crippen LogP contribution is -2.42. The van der Waals surface area contributed by atoms with Crippen LogP contribution < -0.4 is 19.5 Å². The first kappa shape index (κ1) is 32.6. The van der Waals surface area contributed by atoms with Crippen LogP contribution in [0.2, 0.25) is 0 Å². The minimum Gasteiger partial charge on any atom is -0.504 e. The van der Waals surface area contributed by atoms with Crippen LogP contribution in [0, 0.1) is 0 Å². The maximum atomic E-state index is 13.8. The summed E-state index contributed by atoms with van der Waals surface area (Å²) in [5.41, 5.74) is 3.76. The van der Waals surface area contributed by atoms with Crippen molar-refractivity contribution in [3.8, 4) is 28.7 Å². The van der Waals surface area contributed by atoms with Gasteiger partial charge in [0.15, 0.2) is 28.8 Å². The molecule has 0 unspecified atom stereocenters. The SMILES string of the molecule is COc1cc(C(=O)[C@H](Cc2ccccc2)NC(=O)CCc2cc(O)c(O)c(OCc3ccccc3)c2)ccc1OCc1ccccc1. The predicted octanol–water partition coefficient (Wildman–Crippen LogP) is 6.81. The molecule has 0 spiro atoms. The molecule has 0 bridgehead atoms. The van der Waals surface area contributed by atoms with Gasteiger partial charge in [-0.25, -0.2) is 0 Å². The van der Waals surface area contributed by atoms with E-state index in [1.54, 1.807) is 24.3 Å². The molecule has 0 saturated heterocycles. The lowest BCUT2D eigenvalue weighted by Gasteiger charge is -2.19. The largest absolute Gasteiger partial charge is 0.504 e. The third-order valence-corrected chi connectivity index (χ3v) is 7.61. The van der Waals surface area contributed by atoms with Gasteiger partial charge in [0.1, 0.15) is 13.2 Å². The van der Waals surface area contributed by atoms with Crippen LogP contribution in [0.5, 0.6) is 28.7 Å². The minimum absolute atomic E-state index is 0.0382. The van der Waals surface area contributed by atoms with Crippen molar-refractivity contribution in [3.63, 3.8) is 0 Å². The Morgan fingerprint density at radius 3 is 1.83 bits per heavy atom. The van der Waals surface area contributed by atoms with Gasteiger partial charge >= 0.3 is 0 Å².